The second-order valence-corrected chi connectivity index (χ2v) is 10.5. The summed E-state index contributed by atoms with van der Waals surface area (Å²) in [6, 6.07) is 25.8. The molecule has 2 amide bonds. The number of halogens is 2. The number of allylic oxidation sites excluding steroid dienone is 2. The van der Waals surface area contributed by atoms with Crippen molar-refractivity contribution in [2.45, 2.75) is 12.8 Å². The summed E-state index contributed by atoms with van der Waals surface area (Å²) in [7, 11) is 0. The van der Waals surface area contributed by atoms with Gasteiger partial charge in [0, 0.05) is 32.1 Å². The molecule has 0 radical (unpaired) electrons. The van der Waals surface area contributed by atoms with Gasteiger partial charge in [-0.1, -0.05) is 75.7 Å². The van der Waals surface area contributed by atoms with Crippen molar-refractivity contribution < 1.29 is 9.59 Å². The molecule has 3 N–H and O–H groups in total. The van der Waals surface area contributed by atoms with Crippen molar-refractivity contribution >= 4 is 62.5 Å². The summed E-state index contributed by atoms with van der Waals surface area (Å²) in [5, 5.41) is 20.3. The maximum absolute atomic E-state index is 13.5. The molecule has 0 saturated heterocycles. The summed E-state index contributed by atoms with van der Waals surface area (Å²) in [6.45, 7) is 1.79. The molecule has 1 heterocycles. The van der Waals surface area contributed by atoms with Crippen LogP contribution in [0.3, 0.4) is 0 Å². The van der Waals surface area contributed by atoms with Gasteiger partial charge >= 0.3 is 0 Å². The minimum Gasteiger partial charge on any atom is -0.353 e. The van der Waals surface area contributed by atoms with Gasteiger partial charge in [-0.2, -0.15) is 5.26 Å². The summed E-state index contributed by atoms with van der Waals surface area (Å²) in [6.07, 6.45) is 0. The van der Waals surface area contributed by atoms with E-state index >= 15 is 0 Å². The molecular weight excluding hydrogens is 572 g/mol. The van der Waals surface area contributed by atoms with Gasteiger partial charge in [-0.3, -0.25) is 9.59 Å². The van der Waals surface area contributed by atoms with Gasteiger partial charge in [-0.05, 0) is 55.0 Å². The Kier molecular flexibility index (Phi) is 8.72. The Morgan fingerprint density at radius 3 is 2.43 bits per heavy atom. The summed E-state index contributed by atoms with van der Waals surface area (Å²) in [5.74, 6) is -1.05. The smallest absolute Gasteiger partial charge is 0.254 e. The number of nitrogens with one attached hydrogen (secondary N) is 3. The second-order valence-electron chi connectivity index (χ2n) is 8.17. The lowest BCUT2D eigenvalue weighted by atomic mass is 9.82. The van der Waals surface area contributed by atoms with Crippen molar-refractivity contribution in [1.82, 2.24) is 5.32 Å². The van der Waals surface area contributed by atoms with Crippen LogP contribution in [-0.4, -0.2) is 17.6 Å². The molecule has 3 aromatic carbocycles. The number of carbonyl (C=O) groups is 2. The highest BCUT2D eigenvalue weighted by atomic mass is 79.9. The minimum atomic E-state index is -0.601. The molecule has 4 rings (SSSR count). The number of carbonyl (C=O) groups excluding carboxylic acids is 2. The van der Waals surface area contributed by atoms with Crippen LogP contribution in [0.5, 0.6) is 0 Å². The van der Waals surface area contributed by atoms with E-state index in [1.807, 2.05) is 48.5 Å². The summed E-state index contributed by atoms with van der Waals surface area (Å²) in [4.78, 5) is 26.1. The highest BCUT2D eigenvalue weighted by Gasteiger charge is 2.34. The first-order chi connectivity index (χ1) is 17.9. The predicted octanol–water partition coefficient (Wildman–Crippen LogP) is 6.81. The lowest BCUT2D eigenvalue weighted by Crippen LogP contribution is -2.31. The van der Waals surface area contributed by atoms with Crippen LogP contribution >= 0.6 is 39.3 Å². The topological polar surface area (TPSA) is 94.0 Å². The number of nitriles is 1. The third-order valence-electron chi connectivity index (χ3n) is 5.58. The van der Waals surface area contributed by atoms with Crippen LogP contribution in [0, 0.1) is 11.3 Å². The zero-order chi connectivity index (χ0) is 26.4. The number of rotatable bonds is 7. The van der Waals surface area contributed by atoms with E-state index in [1.54, 1.807) is 37.3 Å². The van der Waals surface area contributed by atoms with Gasteiger partial charge in [0.05, 0.1) is 28.3 Å². The Labute approximate surface area is 232 Å². The van der Waals surface area contributed by atoms with Crippen molar-refractivity contribution in [2.75, 3.05) is 16.4 Å². The first kappa shape index (κ1) is 26.6. The quantitative estimate of drug-likeness (QED) is 0.280. The molecule has 0 bridgehead atoms. The standard InChI is InChI=1S/C28H22BrClN4O2S/c1-17-25(27(36)34-21-12-10-20(30)11-13-21)26(18-6-3-2-4-7-18)23(15-31)28(32-17)37-16-24(35)33-22-9-5-8-19(29)14-22/h2-14,26,32H,16H2,1H3,(H,33,35)(H,34,36)/t26-/m0/s1. The molecule has 0 aliphatic carbocycles. The van der Waals surface area contributed by atoms with Crippen molar-refractivity contribution in [3.8, 4) is 6.07 Å². The Morgan fingerprint density at radius 2 is 1.76 bits per heavy atom. The van der Waals surface area contributed by atoms with Crippen LogP contribution in [0.15, 0.2) is 105 Å². The number of anilines is 2. The van der Waals surface area contributed by atoms with E-state index in [0.717, 1.165) is 10.0 Å². The highest BCUT2D eigenvalue weighted by molar-refractivity contribution is 9.10. The molecular formula is C28H22BrClN4O2S. The van der Waals surface area contributed by atoms with Gasteiger partial charge in [0.15, 0.2) is 0 Å². The number of amides is 2. The Bertz CT molecular complexity index is 1430. The van der Waals surface area contributed by atoms with Crippen LogP contribution in [0.2, 0.25) is 5.02 Å². The fourth-order valence-corrected chi connectivity index (χ4v) is 5.36. The van der Waals surface area contributed by atoms with Crippen molar-refractivity contribution in [2.24, 2.45) is 0 Å². The number of thioether (sulfide) groups is 1. The zero-order valence-corrected chi connectivity index (χ0v) is 22.9. The SMILES string of the molecule is CC1=C(C(=O)Nc2ccc(Cl)cc2)[C@@H](c2ccccc2)C(C#N)=C(SCC(=O)Nc2cccc(Br)c2)N1. The van der Waals surface area contributed by atoms with E-state index in [1.165, 1.54) is 11.8 Å². The van der Waals surface area contributed by atoms with Crippen LogP contribution in [0.1, 0.15) is 18.4 Å². The molecule has 6 nitrogen and oxygen atoms in total. The van der Waals surface area contributed by atoms with E-state index in [-0.39, 0.29) is 17.6 Å². The molecule has 0 saturated carbocycles. The van der Waals surface area contributed by atoms with Crippen molar-refractivity contribution in [1.29, 1.82) is 5.26 Å². The molecule has 1 atom stereocenters. The van der Waals surface area contributed by atoms with E-state index in [0.29, 0.717) is 38.3 Å². The third kappa shape index (κ3) is 6.63. The van der Waals surface area contributed by atoms with E-state index in [4.69, 9.17) is 11.6 Å². The van der Waals surface area contributed by atoms with Crippen LogP contribution in [0.25, 0.3) is 0 Å². The second kappa shape index (κ2) is 12.2. The molecule has 9 heteroatoms. The molecule has 1 aliphatic heterocycles. The van der Waals surface area contributed by atoms with Gasteiger partial charge < -0.3 is 16.0 Å². The zero-order valence-electron chi connectivity index (χ0n) is 19.7. The number of nitrogens with zero attached hydrogens (tertiary/aromatic N) is 1. The molecule has 3 aromatic rings. The maximum Gasteiger partial charge on any atom is 0.254 e. The predicted molar refractivity (Wildman–Crippen MR) is 153 cm³/mol. The van der Waals surface area contributed by atoms with Gasteiger partial charge in [-0.25, -0.2) is 0 Å². The van der Waals surface area contributed by atoms with Gasteiger partial charge in [0.25, 0.3) is 5.91 Å². The number of hydrogen-bond acceptors (Lipinski definition) is 5. The number of hydrogen-bond donors (Lipinski definition) is 3. The summed E-state index contributed by atoms with van der Waals surface area (Å²) >= 11 is 10.6. The molecule has 0 spiro atoms. The fourth-order valence-electron chi connectivity index (χ4n) is 3.94. The lowest BCUT2D eigenvalue weighted by molar-refractivity contribution is -0.114. The largest absolute Gasteiger partial charge is 0.353 e. The molecule has 0 aromatic heterocycles. The van der Waals surface area contributed by atoms with E-state index in [2.05, 4.69) is 37.9 Å². The van der Waals surface area contributed by atoms with Gasteiger partial charge in [-0.15, -0.1) is 0 Å². The monoisotopic (exact) mass is 592 g/mol. The minimum absolute atomic E-state index is 0.0844. The third-order valence-corrected chi connectivity index (χ3v) is 7.35. The molecule has 37 heavy (non-hydrogen) atoms. The molecule has 0 unspecified atom stereocenters. The molecule has 186 valence electrons. The highest BCUT2D eigenvalue weighted by Crippen LogP contribution is 2.41. The lowest BCUT2D eigenvalue weighted by Gasteiger charge is -2.30. The van der Waals surface area contributed by atoms with E-state index < -0.39 is 5.92 Å². The van der Waals surface area contributed by atoms with Gasteiger partial charge in [0.2, 0.25) is 5.91 Å². The number of dihydropyridines is 1. The average molecular weight is 594 g/mol. The fraction of sp³-hybridized carbons (Fsp3) is 0.107. The van der Waals surface area contributed by atoms with E-state index in [9.17, 15) is 14.9 Å². The van der Waals surface area contributed by atoms with Crippen LogP contribution in [0.4, 0.5) is 11.4 Å². The van der Waals surface area contributed by atoms with Crippen LogP contribution < -0.4 is 16.0 Å². The van der Waals surface area contributed by atoms with Crippen LogP contribution in [-0.2, 0) is 9.59 Å². The first-order valence-electron chi connectivity index (χ1n) is 11.3. The Hall–Kier alpha value is -3.51. The Balaban J connectivity index is 1.60. The first-order valence-corrected chi connectivity index (χ1v) is 13.4. The maximum atomic E-state index is 13.5. The van der Waals surface area contributed by atoms with Crippen molar-refractivity contribution in [3.63, 3.8) is 0 Å². The number of benzene rings is 3. The molecule has 0 fully saturated rings. The normalized spacial score (nSPS) is 15.0. The summed E-state index contributed by atoms with van der Waals surface area (Å²) < 4.78 is 0.859. The van der Waals surface area contributed by atoms with Crippen molar-refractivity contribution in [3.05, 3.63) is 116 Å². The molecule has 1 aliphatic rings. The average Bonchev–Trinajstić information content (AvgIpc) is 2.88. The Morgan fingerprint density at radius 1 is 1.03 bits per heavy atom. The summed E-state index contributed by atoms with van der Waals surface area (Å²) in [5.41, 5.74) is 3.48. The van der Waals surface area contributed by atoms with Gasteiger partial charge in [0.1, 0.15) is 0 Å².